The molecule has 20 heavy (non-hydrogen) atoms. The molecule has 112 valence electrons. The van der Waals surface area contributed by atoms with Crippen LogP contribution in [-0.4, -0.2) is 31.1 Å². The maximum Gasteiger partial charge on any atom is 0.0236 e. The van der Waals surface area contributed by atoms with Crippen LogP contribution >= 0.6 is 0 Å². The highest BCUT2D eigenvalue weighted by atomic mass is 15.2. The van der Waals surface area contributed by atoms with E-state index < -0.39 is 0 Å². The fourth-order valence-corrected chi connectivity index (χ4v) is 3.34. The lowest BCUT2D eigenvalue weighted by atomic mass is 9.97. The third kappa shape index (κ3) is 4.07. The number of hydrogen-bond acceptors (Lipinski definition) is 2. The minimum Gasteiger partial charge on any atom is -0.319 e. The van der Waals surface area contributed by atoms with Crippen LogP contribution in [0.2, 0.25) is 0 Å². The predicted octanol–water partition coefficient (Wildman–Crippen LogP) is 3.77. The van der Waals surface area contributed by atoms with Crippen molar-refractivity contribution in [1.29, 1.82) is 0 Å². The van der Waals surface area contributed by atoms with Crippen LogP contribution in [0.15, 0.2) is 24.3 Å². The Balaban J connectivity index is 1.95. The SMILES string of the molecule is CCC1CCCCN1Cc1ccc(C(C)CNC)cc1. The van der Waals surface area contributed by atoms with Gasteiger partial charge in [-0.3, -0.25) is 4.90 Å². The topological polar surface area (TPSA) is 15.3 Å². The van der Waals surface area contributed by atoms with E-state index in [2.05, 4.69) is 48.3 Å². The number of nitrogens with zero attached hydrogens (tertiary/aromatic N) is 1. The van der Waals surface area contributed by atoms with Gasteiger partial charge in [0.2, 0.25) is 0 Å². The van der Waals surface area contributed by atoms with Crippen LogP contribution in [0.25, 0.3) is 0 Å². The molecule has 2 atom stereocenters. The zero-order valence-corrected chi connectivity index (χ0v) is 13.4. The van der Waals surface area contributed by atoms with Gasteiger partial charge >= 0.3 is 0 Å². The van der Waals surface area contributed by atoms with Crippen molar-refractivity contribution >= 4 is 0 Å². The van der Waals surface area contributed by atoms with Gasteiger partial charge in [-0.05, 0) is 49.9 Å². The Morgan fingerprint density at radius 2 is 2.00 bits per heavy atom. The summed E-state index contributed by atoms with van der Waals surface area (Å²) >= 11 is 0. The van der Waals surface area contributed by atoms with Crippen molar-refractivity contribution in [2.24, 2.45) is 0 Å². The summed E-state index contributed by atoms with van der Waals surface area (Å²) in [5, 5.41) is 3.25. The van der Waals surface area contributed by atoms with E-state index in [1.807, 2.05) is 7.05 Å². The van der Waals surface area contributed by atoms with Gasteiger partial charge in [0.05, 0.1) is 0 Å². The lowest BCUT2D eigenvalue weighted by molar-refractivity contribution is 0.136. The fraction of sp³-hybridized carbons (Fsp3) is 0.667. The average molecular weight is 274 g/mol. The number of hydrogen-bond donors (Lipinski definition) is 1. The number of likely N-dealkylation sites (tertiary alicyclic amines) is 1. The second-order valence-corrected chi connectivity index (χ2v) is 6.23. The first-order valence-corrected chi connectivity index (χ1v) is 8.22. The molecule has 1 aromatic carbocycles. The van der Waals surface area contributed by atoms with Gasteiger partial charge in [0, 0.05) is 19.1 Å². The molecule has 0 amide bonds. The molecule has 2 unspecified atom stereocenters. The van der Waals surface area contributed by atoms with Crippen molar-refractivity contribution in [1.82, 2.24) is 10.2 Å². The maximum absolute atomic E-state index is 3.25. The van der Waals surface area contributed by atoms with Gasteiger partial charge in [-0.2, -0.15) is 0 Å². The van der Waals surface area contributed by atoms with Crippen LogP contribution in [0.1, 0.15) is 56.6 Å². The van der Waals surface area contributed by atoms with E-state index in [-0.39, 0.29) is 0 Å². The molecule has 1 N–H and O–H groups in total. The molecular weight excluding hydrogens is 244 g/mol. The zero-order valence-electron chi connectivity index (χ0n) is 13.4. The molecule has 0 aromatic heterocycles. The van der Waals surface area contributed by atoms with Gasteiger partial charge in [0.1, 0.15) is 0 Å². The van der Waals surface area contributed by atoms with Crippen LogP contribution in [0.5, 0.6) is 0 Å². The zero-order chi connectivity index (χ0) is 14.4. The molecule has 1 heterocycles. The minimum absolute atomic E-state index is 0.590. The Labute approximate surface area is 124 Å². The first kappa shape index (κ1) is 15.5. The fourth-order valence-electron chi connectivity index (χ4n) is 3.34. The van der Waals surface area contributed by atoms with E-state index in [9.17, 15) is 0 Å². The number of nitrogens with one attached hydrogen (secondary N) is 1. The highest BCUT2D eigenvalue weighted by molar-refractivity contribution is 5.25. The number of benzene rings is 1. The van der Waals surface area contributed by atoms with Gasteiger partial charge in [-0.25, -0.2) is 0 Å². The summed E-state index contributed by atoms with van der Waals surface area (Å²) in [5.41, 5.74) is 2.90. The van der Waals surface area contributed by atoms with Crippen LogP contribution in [0.4, 0.5) is 0 Å². The van der Waals surface area contributed by atoms with Gasteiger partial charge < -0.3 is 5.32 Å². The minimum atomic E-state index is 0.590. The van der Waals surface area contributed by atoms with E-state index in [4.69, 9.17) is 0 Å². The first-order chi connectivity index (χ1) is 9.74. The van der Waals surface area contributed by atoms with Crippen molar-refractivity contribution in [3.63, 3.8) is 0 Å². The van der Waals surface area contributed by atoms with E-state index in [0.29, 0.717) is 5.92 Å². The van der Waals surface area contributed by atoms with Crippen LogP contribution in [0.3, 0.4) is 0 Å². The largest absolute Gasteiger partial charge is 0.319 e. The summed E-state index contributed by atoms with van der Waals surface area (Å²) in [6, 6.07) is 10.1. The number of piperidine rings is 1. The smallest absolute Gasteiger partial charge is 0.0236 e. The number of rotatable bonds is 6. The average Bonchev–Trinajstić information content (AvgIpc) is 2.49. The molecule has 0 saturated carbocycles. The molecule has 2 nitrogen and oxygen atoms in total. The molecule has 0 bridgehead atoms. The van der Waals surface area contributed by atoms with Crippen molar-refractivity contribution in [3.05, 3.63) is 35.4 Å². The second-order valence-electron chi connectivity index (χ2n) is 6.23. The molecule has 1 aromatic rings. The highest BCUT2D eigenvalue weighted by Crippen LogP contribution is 2.22. The van der Waals surface area contributed by atoms with E-state index in [0.717, 1.165) is 19.1 Å². The van der Waals surface area contributed by atoms with Gasteiger partial charge in [-0.15, -0.1) is 0 Å². The quantitative estimate of drug-likeness (QED) is 0.849. The third-order valence-corrected chi connectivity index (χ3v) is 4.67. The molecule has 2 rings (SSSR count). The Kier molecular flexibility index (Phi) is 6.06. The van der Waals surface area contributed by atoms with Crippen molar-refractivity contribution in [2.75, 3.05) is 20.1 Å². The molecule has 2 heteroatoms. The Hall–Kier alpha value is -0.860. The van der Waals surface area contributed by atoms with Crippen molar-refractivity contribution < 1.29 is 0 Å². The van der Waals surface area contributed by atoms with Crippen molar-refractivity contribution in [2.45, 2.75) is 58.0 Å². The highest BCUT2D eigenvalue weighted by Gasteiger charge is 2.20. The van der Waals surface area contributed by atoms with Gasteiger partial charge in [-0.1, -0.05) is 44.5 Å². The van der Waals surface area contributed by atoms with Crippen LogP contribution < -0.4 is 5.32 Å². The molecule has 0 radical (unpaired) electrons. The summed E-state index contributed by atoms with van der Waals surface area (Å²) in [6.45, 7) is 8.05. The second kappa shape index (κ2) is 7.80. The van der Waals surface area contributed by atoms with Crippen molar-refractivity contribution in [3.8, 4) is 0 Å². The monoisotopic (exact) mass is 274 g/mol. The third-order valence-electron chi connectivity index (χ3n) is 4.67. The van der Waals surface area contributed by atoms with E-state index in [1.165, 1.54) is 43.4 Å². The first-order valence-electron chi connectivity index (χ1n) is 8.22. The Morgan fingerprint density at radius 1 is 1.25 bits per heavy atom. The molecule has 0 aliphatic carbocycles. The lowest BCUT2D eigenvalue weighted by Crippen LogP contribution is -2.38. The summed E-state index contributed by atoms with van der Waals surface area (Å²) in [6.07, 6.45) is 5.45. The van der Waals surface area contributed by atoms with Gasteiger partial charge in [0.25, 0.3) is 0 Å². The Morgan fingerprint density at radius 3 is 2.65 bits per heavy atom. The molecule has 1 aliphatic rings. The van der Waals surface area contributed by atoms with Crippen LogP contribution in [-0.2, 0) is 6.54 Å². The molecule has 1 saturated heterocycles. The standard InChI is InChI=1S/C18H30N2/c1-4-18-7-5-6-12-20(18)14-16-8-10-17(11-9-16)15(2)13-19-3/h8-11,15,18-19H,4-7,12-14H2,1-3H3. The maximum atomic E-state index is 3.25. The summed E-state index contributed by atoms with van der Waals surface area (Å²) in [4.78, 5) is 2.68. The Bertz CT molecular complexity index is 385. The normalized spacial score (nSPS) is 21.9. The lowest BCUT2D eigenvalue weighted by Gasteiger charge is -2.35. The summed E-state index contributed by atoms with van der Waals surface area (Å²) in [5.74, 6) is 0.590. The predicted molar refractivity (Wildman–Crippen MR) is 87.1 cm³/mol. The molecule has 1 fully saturated rings. The van der Waals surface area contributed by atoms with Crippen LogP contribution in [0, 0.1) is 0 Å². The number of likely N-dealkylation sites (N-methyl/N-ethyl adjacent to an activating group) is 1. The van der Waals surface area contributed by atoms with E-state index in [1.54, 1.807) is 0 Å². The van der Waals surface area contributed by atoms with E-state index >= 15 is 0 Å². The molecule has 1 aliphatic heterocycles. The summed E-state index contributed by atoms with van der Waals surface area (Å²) < 4.78 is 0. The summed E-state index contributed by atoms with van der Waals surface area (Å²) in [7, 11) is 2.02. The molecular formula is C18H30N2. The molecule has 0 spiro atoms. The van der Waals surface area contributed by atoms with Gasteiger partial charge in [0.15, 0.2) is 0 Å².